The smallest absolute Gasteiger partial charge is 0.203 e. The molecule has 1 N–H and O–H groups in total. The number of fused-ring (bicyclic) bond motifs is 1. The fraction of sp³-hybridized carbons (Fsp3) is 0.250. The number of para-hydroxylation sites is 2. The van der Waals surface area contributed by atoms with Gasteiger partial charge in [0.05, 0.1) is 17.6 Å². The maximum absolute atomic E-state index is 8.55. The molecule has 0 aliphatic heterocycles. The van der Waals surface area contributed by atoms with Crippen LogP contribution in [0.1, 0.15) is 24.5 Å². The highest BCUT2D eigenvalue weighted by molar-refractivity contribution is 5.77. The van der Waals surface area contributed by atoms with Crippen molar-refractivity contribution in [2.45, 2.75) is 33.4 Å². The van der Waals surface area contributed by atoms with Gasteiger partial charge in [-0.05, 0) is 36.6 Å². The van der Waals surface area contributed by atoms with E-state index in [2.05, 4.69) is 61.4 Å². The molecule has 1 aromatic heterocycles. The van der Waals surface area contributed by atoms with E-state index in [0.29, 0.717) is 12.2 Å². The first kappa shape index (κ1) is 15.3. The predicted molar refractivity (Wildman–Crippen MR) is 96.3 cm³/mol. The molecule has 0 spiro atoms. The van der Waals surface area contributed by atoms with Gasteiger partial charge in [-0.2, -0.15) is 0 Å². The van der Waals surface area contributed by atoms with Gasteiger partial charge in [0, 0.05) is 6.54 Å². The summed E-state index contributed by atoms with van der Waals surface area (Å²) in [7, 11) is 0. The maximum atomic E-state index is 8.55. The molecule has 0 aliphatic carbocycles. The minimum atomic E-state index is 0.543. The third-order valence-electron chi connectivity index (χ3n) is 4.23. The zero-order valence-electron chi connectivity index (χ0n) is 13.8. The molecular formula is C20H23N3. The summed E-state index contributed by atoms with van der Waals surface area (Å²) >= 11 is 0. The number of aromatic nitrogens is 2. The standard InChI is InChI=1S/C20H23N3/c1-4-13-22-18-7-5-6-8-19(18)23(20(22)21)14-16(3)17-11-9-15(2)10-12-17/h5-12,21H,3-4,13-14H2,1-2H3. The number of aryl methyl sites for hydroxylation is 2. The zero-order valence-corrected chi connectivity index (χ0v) is 13.8. The van der Waals surface area contributed by atoms with Gasteiger partial charge in [0.2, 0.25) is 5.62 Å². The van der Waals surface area contributed by atoms with E-state index in [1.165, 1.54) is 5.56 Å². The van der Waals surface area contributed by atoms with Crippen molar-refractivity contribution < 1.29 is 0 Å². The average molecular weight is 305 g/mol. The molecule has 3 rings (SSSR count). The molecule has 1 heterocycles. The quantitative estimate of drug-likeness (QED) is 0.727. The number of allylic oxidation sites excluding steroid dienone is 1. The van der Waals surface area contributed by atoms with Crippen LogP contribution in [0.5, 0.6) is 0 Å². The monoisotopic (exact) mass is 305 g/mol. The molecule has 0 aliphatic rings. The molecule has 0 amide bonds. The van der Waals surface area contributed by atoms with Gasteiger partial charge >= 0.3 is 0 Å². The molecule has 23 heavy (non-hydrogen) atoms. The largest absolute Gasteiger partial charge is 0.310 e. The number of hydrogen-bond acceptors (Lipinski definition) is 1. The summed E-state index contributed by atoms with van der Waals surface area (Å²) in [5, 5.41) is 8.55. The van der Waals surface area contributed by atoms with Crippen molar-refractivity contribution in [2.75, 3.05) is 0 Å². The minimum absolute atomic E-state index is 0.543. The Morgan fingerprint density at radius 1 is 1.00 bits per heavy atom. The van der Waals surface area contributed by atoms with E-state index in [4.69, 9.17) is 5.41 Å². The fourth-order valence-electron chi connectivity index (χ4n) is 2.98. The van der Waals surface area contributed by atoms with Crippen LogP contribution in [0.3, 0.4) is 0 Å². The average Bonchev–Trinajstić information content (AvgIpc) is 2.82. The molecule has 0 fully saturated rings. The van der Waals surface area contributed by atoms with E-state index < -0.39 is 0 Å². The molecule has 0 radical (unpaired) electrons. The number of benzene rings is 2. The highest BCUT2D eigenvalue weighted by Crippen LogP contribution is 2.19. The van der Waals surface area contributed by atoms with E-state index >= 15 is 0 Å². The second-order valence-electron chi connectivity index (χ2n) is 6.02. The Balaban J connectivity index is 2.03. The summed E-state index contributed by atoms with van der Waals surface area (Å²) < 4.78 is 4.13. The van der Waals surface area contributed by atoms with Crippen molar-refractivity contribution in [1.82, 2.24) is 9.13 Å². The third-order valence-corrected chi connectivity index (χ3v) is 4.23. The topological polar surface area (TPSA) is 33.7 Å². The third kappa shape index (κ3) is 2.87. The molecule has 3 heteroatoms. The van der Waals surface area contributed by atoms with Crippen LogP contribution in [0.2, 0.25) is 0 Å². The highest BCUT2D eigenvalue weighted by Gasteiger charge is 2.11. The van der Waals surface area contributed by atoms with Gasteiger partial charge in [0.25, 0.3) is 0 Å². The Morgan fingerprint density at radius 2 is 1.61 bits per heavy atom. The van der Waals surface area contributed by atoms with E-state index in [0.717, 1.165) is 35.1 Å². The molecule has 2 aromatic carbocycles. The van der Waals surface area contributed by atoms with Gasteiger partial charge in [-0.15, -0.1) is 0 Å². The van der Waals surface area contributed by atoms with Crippen molar-refractivity contribution >= 4 is 16.6 Å². The molecule has 0 unspecified atom stereocenters. The molecule has 118 valence electrons. The zero-order chi connectivity index (χ0) is 16.4. The van der Waals surface area contributed by atoms with Crippen LogP contribution in [-0.2, 0) is 13.1 Å². The maximum Gasteiger partial charge on any atom is 0.203 e. The Hall–Kier alpha value is -2.55. The van der Waals surface area contributed by atoms with E-state index in [1.54, 1.807) is 0 Å². The van der Waals surface area contributed by atoms with Crippen LogP contribution < -0.4 is 5.62 Å². The summed E-state index contributed by atoms with van der Waals surface area (Å²) in [6.45, 7) is 9.97. The molecular weight excluding hydrogens is 282 g/mol. The van der Waals surface area contributed by atoms with Gasteiger partial charge in [0.1, 0.15) is 0 Å². The lowest BCUT2D eigenvalue weighted by Gasteiger charge is -2.09. The first-order chi connectivity index (χ1) is 11.1. The lowest BCUT2D eigenvalue weighted by Crippen LogP contribution is -2.25. The Morgan fingerprint density at radius 3 is 2.22 bits per heavy atom. The Bertz CT molecular complexity index is 895. The Labute approximate surface area is 137 Å². The van der Waals surface area contributed by atoms with E-state index in [9.17, 15) is 0 Å². The summed E-state index contributed by atoms with van der Waals surface area (Å²) in [6, 6.07) is 16.7. The molecule has 0 atom stereocenters. The minimum Gasteiger partial charge on any atom is -0.310 e. The second kappa shape index (κ2) is 6.29. The summed E-state index contributed by atoms with van der Waals surface area (Å²) in [4.78, 5) is 0. The summed E-state index contributed by atoms with van der Waals surface area (Å²) in [5.74, 6) is 0. The van der Waals surface area contributed by atoms with E-state index in [1.807, 2.05) is 16.7 Å². The SMILES string of the molecule is C=C(Cn1c(=N)n(CCC)c2ccccc21)c1ccc(C)cc1. The number of imidazole rings is 1. The van der Waals surface area contributed by atoms with Crippen molar-refractivity contribution in [1.29, 1.82) is 5.41 Å². The fourth-order valence-corrected chi connectivity index (χ4v) is 2.98. The van der Waals surface area contributed by atoms with Gasteiger partial charge in [-0.25, -0.2) is 0 Å². The number of nitrogens with zero attached hydrogens (tertiary/aromatic N) is 2. The lowest BCUT2D eigenvalue weighted by atomic mass is 10.1. The van der Waals surface area contributed by atoms with Crippen molar-refractivity contribution in [3.05, 3.63) is 71.9 Å². The van der Waals surface area contributed by atoms with Gasteiger partial charge in [0.15, 0.2) is 0 Å². The van der Waals surface area contributed by atoms with Crippen LogP contribution in [0, 0.1) is 12.3 Å². The van der Waals surface area contributed by atoms with Gasteiger partial charge in [-0.1, -0.05) is 55.5 Å². The summed E-state index contributed by atoms with van der Waals surface area (Å²) in [6.07, 6.45) is 1.02. The molecule has 0 saturated carbocycles. The first-order valence-electron chi connectivity index (χ1n) is 8.09. The second-order valence-corrected chi connectivity index (χ2v) is 6.02. The Kier molecular flexibility index (Phi) is 4.20. The van der Waals surface area contributed by atoms with E-state index in [-0.39, 0.29) is 0 Å². The van der Waals surface area contributed by atoms with Crippen LogP contribution in [0.15, 0.2) is 55.1 Å². The van der Waals surface area contributed by atoms with Crippen molar-refractivity contribution in [3.63, 3.8) is 0 Å². The number of hydrogen-bond donors (Lipinski definition) is 1. The molecule has 3 aromatic rings. The highest BCUT2D eigenvalue weighted by atomic mass is 15.2. The molecule has 3 nitrogen and oxygen atoms in total. The molecule has 0 saturated heterocycles. The normalized spacial score (nSPS) is 11.0. The predicted octanol–water partition coefficient (Wildman–Crippen LogP) is 4.35. The number of rotatable bonds is 5. The molecule has 0 bridgehead atoms. The van der Waals surface area contributed by atoms with Gasteiger partial charge in [-0.3, -0.25) is 5.41 Å². The van der Waals surface area contributed by atoms with Crippen molar-refractivity contribution in [3.8, 4) is 0 Å². The number of nitrogens with one attached hydrogen (secondary N) is 1. The first-order valence-corrected chi connectivity index (χ1v) is 8.09. The van der Waals surface area contributed by atoms with Crippen LogP contribution in [0.25, 0.3) is 16.6 Å². The van der Waals surface area contributed by atoms with Crippen LogP contribution in [-0.4, -0.2) is 9.13 Å². The van der Waals surface area contributed by atoms with Crippen LogP contribution >= 0.6 is 0 Å². The van der Waals surface area contributed by atoms with Gasteiger partial charge < -0.3 is 9.13 Å². The van der Waals surface area contributed by atoms with Crippen LogP contribution in [0.4, 0.5) is 0 Å². The van der Waals surface area contributed by atoms with Crippen molar-refractivity contribution in [2.24, 2.45) is 0 Å². The lowest BCUT2D eigenvalue weighted by molar-refractivity contribution is 0.618. The summed E-state index contributed by atoms with van der Waals surface area (Å²) in [5.41, 5.74) is 6.17.